The Morgan fingerprint density at radius 1 is 1.38 bits per heavy atom. The quantitative estimate of drug-likeness (QED) is 0.720. The number of anilines is 1. The zero-order valence-corrected chi connectivity index (χ0v) is 12.2. The largest absolute Gasteiger partial charge is 0.478 e. The number of hydrogen-bond acceptors (Lipinski definition) is 3. The van der Waals surface area contributed by atoms with Gasteiger partial charge in [0, 0.05) is 12.1 Å². The molecule has 1 atom stereocenters. The molecule has 6 heteroatoms. The molecule has 21 heavy (non-hydrogen) atoms. The molecule has 1 aromatic carbocycles. The summed E-state index contributed by atoms with van der Waals surface area (Å²) in [4.78, 5) is 22.6. The van der Waals surface area contributed by atoms with Gasteiger partial charge >= 0.3 is 5.97 Å². The molecule has 0 aliphatic carbocycles. The van der Waals surface area contributed by atoms with Crippen LogP contribution in [0.4, 0.5) is 10.1 Å². The second-order valence-electron chi connectivity index (χ2n) is 5.48. The number of aromatic carboxylic acids is 1. The molecular weight excluding hydrogens is 275 g/mol. The predicted octanol–water partition coefficient (Wildman–Crippen LogP) is 2.47. The first-order chi connectivity index (χ1) is 9.83. The van der Waals surface area contributed by atoms with E-state index in [2.05, 4.69) is 19.2 Å². The summed E-state index contributed by atoms with van der Waals surface area (Å²) in [5.41, 5.74) is 5.45. The van der Waals surface area contributed by atoms with Gasteiger partial charge in [0.25, 0.3) is 0 Å². The van der Waals surface area contributed by atoms with E-state index in [0.29, 0.717) is 12.5 Å². The van der Waals surface area contributed by atoms with Crippen LogP contribution in [0.2, 0.25) is 0 Å². The molecule has 5 nitrogen and oxygen atoms in total. The highest BCUT2D eigenvalue weighted by Crippen LogP contribution is 2.18. The second kappa shape index (κ2) is 7.73. The number of hydrogen-bond donors (Lipinski definition) is 3. The van der Waals surface area contributed by atoms with E-state index in [-0.39, 0.29) is 23.9 Å². The van der Waals surface area contributed by atoms with Crippen molar-refractivity contribution in [1.29, 1.82) is 0 Å². The third-order valence-electron chi connectivity index (χ3n) is 3.10. The van der Waals surface area contributed by atoms with E-state index in [1.807, 2.05) is 0 Å². The molecule has 0 aliphatic heterocycles. The number of carbonyl (C=O) groups excluding carboxylic acids is 1. The third kappa shape index (κ3) is 5.51. The lowest BCUT2D eigenvalue weighted by Crippen LogP contribution is -2.23. The number of rotatable bonds is 7. The van der Waals surface area contributed by atoms with Crippen molar-refractivity contribution < 1.29 is 19.1 Å². The standard InChI is InChI=1S/C15H21FN2O3/c1-9(2)5-10(8-17)6-14(19)18-11-3-4-12(15(20)21)13(16)7-11/h3-4,7,9-10H,5-6,8,17H2,1-2H3,(H,18,19)(H,20,21). The van der Waals surface area contributed by atoms with Crippen molar-refractivity contribution in [2.45, 2.75) is 26.7 Å². The summed E-state index contributed by atoms with van der Waals surface area (Å²) in [6.45, 7) is 4.53. The van der Waals surface area contributed by atoms with Gasteiger partial charge in [-0.15, -0.1) is 0 Å². The summed E-state index contributed by atoms with van der Waals surface area (Å²) in [5, 5.41) is 11.3. The molecule has 0 aromatic heterocycles. The number of carboxylic acid groups (broad SMARTS) is 1. The van der Waals surface area contributed by atoms with Gasteiger partial charge < -0.3 is 16.2 Å². The molecule has 116 valence electrons. The first-order valence-electron chi connectivity index (χ1n) is 6.86. The number of amides is 1. The van der Waals surface area contributed by atoms with Crippen LogP contribution in [0.3, 0.4) is 0 Å². The molecular formula is C15H21FN2O3. The maximum Gasteiger partial charge on any atom is 0.338 e. The molecule has 1 unspecified atom stereocenters. The molecule has 1 rings (SSSR count). The van der Waals surface area contributed by atoms with Crippen molar-refractivity contribution >= 4 is 17.6 Å². The van der Waals surface area contributed by atoms with Gasteiger partial charge in [0.15, 0.2) is 0 Å². The van der Waals surface area contributed by atoms with Crippen molar-refractivity contribution in [1.82, 2.24) is 0 Å². The molecule has 1 aromatic rings. The number of carboxylic acids is 1. The fourth-order valence-corrected chi connectivity index (χ4v) is 2.17. The molecule has 0 bridgehead atoms. The average molecular weight is 296 g/mol. The molecule has 0 heterocycles. The Kier molecular flexibility index (Phi) is 6.30. The minimum Gasteiger partial charge on any atom is -0.478 e. The Labute approximate surface area is 123 Å². The van der Waals surface area contributed by atoms with E-state index < -0.39 is 17.3 Å². The van der Waals surface area contributed by atoms with Crippen LogP contribution < -0.4 is 11.1 Å². The molecule has 1 amide bonds. The zero-order valence-electron chi connectivity index (χ0n) is 12.2. The van der Waals surface area contributed by atoms with E-state index >= 15 is 0 Å². The number of benzene rings is 1. The molecule has 4 N–H and O–H groups in total. The van der Waals surface area contributed by atoms with Crippen LogP contribution in [0.25, 0.3) is 0 Å². The van der Waals surface area contributed by atoms with Crippen molar-refractivity contribution in [2.24, 2.45) is 17.6 Å². The Morgan fingerprint density at radius 2 is 2.05 bits per heavy atom. The van der Waals surface area contributed by atoms with Crippen LogP contribution in [0, 0.1) is 17.7 Å². The topological polar surface area (TPSA) is 92.4 Å². The van der Waals surface area contributed by atoms with Crippen molar-refractivity contribution in [3.05, 3.63) is 29.6 Å². The SMILES string of the molecule is CC(C)CC(CN)CC(=O)Nc1ccc(C(=O)O)c(F)c1. The zero-order chi connectivity index (χ0) is 16.0. The first kappa shape index (κ1) is 17.1. The number of nitrogens with two attached hydrogens (primary N) is 1. The van der Waals surface area contributed by atoms with E-state index in [4.69, 9.17) is 10.8 Å². The number of carbonyl (C=O) groups is 2. The van der Waals surface area contributed by atoms with Gasteiger partial charge in [0.1, 0.15) is 5.82 Å². The highest BCUT2D eigenvalue weighted by molar-refractivity contribution is 5.92. The smallest absolute Gasteiger partial charge is 0.338 e. The first-order valence-corrected chi connectivity index (χ1v) is 6.86. The van der Waals surface area contributed by atoms with Crippen LogP contribution in [0.15, 0.2) is 18.2 Å². The van der Waals surface area contributed by atoms with Gasteiger partial charge in [-0.1, -0.05) is 13.8 Å². The fraction of sp³-hybridized carbons (Fsp3) is 0.467. The Bertz CT molecular complexity index is 518. The number of halogens is 1. The summed E-state index contributed by atoms with van der Waals surface area (Å²) in [5.74, 6) is -1.95. The van der Waals surface area contributed by atoms with Crippen molar-refractivity contribution in [3.8, 4) is 0 Å². The molecule has 0 fully saturated rings. The molecule has 0 aliphatic rings. The fourth-order valence-electron chi connectivity index (χ4n) is 2.17. The average Bonchev–Trinajstić information content (AvgIpc) is 2.36. The lowest BCUT2D eigenvalue weighted by molar-refractivity contribution is -0.117. The van der Waals surface area contributed by atoms with Crippen molar-refractivity contribution in [2.75, 3.05) is 11.9 Å². The Hall–Kier alpha value is -1.95. The maximum absolute atomic E-state index is 13.5. The van der Waals surface area contributed by atoms with Crippen LogP contribution in [-0.4, -0.2) is 23.5 Å². The molecule has 0 radical (unpaired) electrons. The molecule has 0 spiro atoms. The normalized spacial score (nSPS) is 12.2. The molecule has 0 saturated heterocycles. The third-order valence-corrected chi connectivity index (χ3v) is 3.10. The van der Waals surface area contributed by atoms with Gasteiger partial charge in [-0.25, -0.2) is 9.18 Å². The second-order valence-corrected chi connectivity index (χ2v) is 5.48. The van der Waals surface area contributed by atoms with E-state index in [9.17, 15) is 14.0 Å². The maximum atomic E-state index is 13.5. The lowest BCUT2D eigenvalue weighted by atomic mass is 9.94. The van der Waals surface area contributed by atoms with Crippen LogP contribution >= 0.6 is 0 Å². The summed E-state index contributed by atoms with van der Waals surface area (Å²) >= 11 is 0. The summed E-state index contributed by atoms with van der Waals surface area (Å²) in [6, 6.07) is 3.49. The van der Waals surface area contributed by atoms with Gasteiger partial charge in [-0.3, -0.25) is 4.79 Å². The number of nitrogens with one attached hydrogen (secondary N) is 1. The lowest BCUT2D eigenvalue weighted by Gasteiger charge is -2.16. The van der Waals surface area contributed by atoms with Gasteiger partial charge in [-0.2, -0.15) is 0 Å². The van der Waals surface area contributed by atoms with Gasteiger partial charge in [0.2, 0.25) is 5.91 Å². The Morgan fingerprint density at radius 3 is 2.52 bits per heavy atom. The monoisotopic (exact) mass is 296 g/mol. The highest BCUT2D eigenvalue weighted by Gasteiger charge is 2.15. The minimum atomic E-state index is -1.34. The van der Waals surface area contributed by atoms with Gasteiger partial charge in [0.05, 0.1) is 5.56 Å². The predicted molar refractivity (Wildman–Crippen MR) is 78.6 cm³/mol. The highest BCUT2D eigenvalue weighted by atomic mass is 19.1. The summed E-state index contributed by atoms with van der Waals surface area (Å²) in [6.07, 6.45) is 1.10. The van der Waals surface area contributed by atoms with E-state index in [0.717, 1.165) is 18.6 Å². The minimum absolute atomic E-state index is 0.0770. The van der Waals surface area contributed by atoms with Crippen LogP contribution in [0.5, 0.6) is 0 Å². The van der Waals surface area contributed by atoms with Gasteiger partial charge in [-0.05, 0) is 43.0 Å². The van der Waals surface area contributed by atoms with Crippen LogP contribution in [-0.2, 0) is 4.79 Å². The van der Waals surface area contributed by atoms with E-state index in [1.165, 1.54) is 6.07 Å². The Balaban J connectivity index is 2.66. The van der Waals surface area contributed by atoms with E-state index in [1.54, 1.807) is 0 Å². The van der Waals surface area contributed by atoms with Crippen molar-refractivity contribution in [3.63, 3.8) is 0 Å². The van der Waals surface area contributed by atoms with Crippen LogP contribution in [0.1, 0.15) is 37.0 Å². The summed E-state index contributed by atoms with van der Waals surface area (Å²) < 4.78 is 13.5. The summed E-state index contributed by atoms with van der Waals surface area (Å²) in [7, 11) is 0. The molecule has 0 saturated carbocycles.